The number of anilines is 1. The van der Waals surface area contributed by atoms with Gasteiger partial charge in [-0.2, -0.15) is 11.8 Å². The average Bonchev–Trinajstić information content (AvgIpc) is 3.30. The number of aryl methyl sites for hydroxylation is 1. The molecule has 3 amide bonds. The lowest BCUT2D eigenvalue weighted by atomic mass is 9.76. The molecule has 0 aromatic heterocycles. The van der Waals surface area contributed by atoms with Gasteiger partial charge in [0.15, 0.2) is 0 Å². The molecule has 3 aliphatic rings. The molecule has 1 aromatic carbocycles. The minimum Gasteiger partial charge on any atom is -0.383 e. The molecule has 3 aliphatic heterocycles. The first kappa shape index (κ1) is 20.4. The van der Waals surface area contributed by atoms with Gasteiger partial charge in [0, 0.05) is 24.4 Å². The second-order valence-electron chi connectivity index (χ2n) is 7.81. The first-order chi connectivity index (χ1) is 14.0. The molecule has 3 heterocycles. The van der Waals surface area contributed by atoms with E-state index in [1.54, 1.807) is 18.9 Å². The summed E-state index contributed by atoms with van der Waals surface area (Å²) in [6.45, 7) is 2.54. The SMILES string of the molecule is CCc1cccc2c1NC(=O)C21NC(CCSC)C2C(=O)N(CCOC)C(=O)C21. The van der Waals surface area contributed by atoms with E-state index in [9.17, 15) is 14.4 Å². The lowest BCUT2D eigenvalue weighted by molar-refractivity contribution is -0.143. The third kappa shape index (κ3) is 2.84. The highest BCUT2D eigenvalue weighted by molar-refractivity contribution is 7.98. The van der Waals surface area contributed by atoms with E-state index < -0.39 is 17.4 Å². The van der Waals surface area contributed by atoms with Crippen molar-refractivity contribution in [3.05, 3.63) is 29.3 Å². The Labute approximate surface area is 174 Å². The highest BCUT2D eigenvalue weighted by Crippen LogP contribution is 2.54. The smallest absolute Gasteiger partial charge is 0.250 e. The summed E-state index contributed by atoms with van der Waals surface area (Å²) >= 11 is 1.69. The van der Waals surface area contributed by atoms with Crippen LogP contribution in [0.1, 0.15) is 24.5 Å². The summed E-state index contributed by atoms with van der Waals surface area (Å²) in [5.41, 5.74) is 1.42. The van der Waals surface area contributed by atoms with Crippen LogP contribution in [0, 0.1) is 11.8 Å². The maximum absolute atomic E-state index is 13.4. The highest BCUT2D eigenvalue weighted by atomic mass is 32.2. The van der Waals surface area contributed by atoms with Crippen molar-refractivity contribution in [3.63, 3.8) is 0 Å². The first-order valence-corrected chi connectivity index (χ1v) is 11.4. The van der Waals surface area contributed by atoms with Gasteiger partial charge in [-0.3, -0.25) is 24.6 Å². The van der Waals surface area contributed by atoms with Crippen molar-refractivity contribution in [1.82, 2.24) is 10.2 Å². The third-order valence-electron chi connectivity index (χ3n) is 6.46. The fourth-order valence-electron chi connectivity index (χ4n) is 5.14. The molecule has 4 unspecified atom stereocenters. The van der Waals surface area contributed by atoms with Crippen molar-refractivity contribution in [3.8, 4) is 0 Å². The molecule has 1 spiro atoms. The van der Waals surface area contributed by atoms with Crippen LogP contribution in [0.4, 0.5) is 5.69 Å². The zero-order valence-corrected chi connectivity index (χ0v) is 17.8. The van der Waals surface area contributed by atoms with Crippen LogP contribution in [0.2, 0.25) is 0 Å². The predicted octanol–water partition coefficient (Wildman–Crippen LogP) is 1.37. The molecule has 4 atom stereocenters. The van der Waals surface area contributed by atoms with Crippen LogP contribution in [0.25, 0.3) is 0 Å². The normalized spacial score (nSPS) is 30.2. The van der Waals surface area contributed by atoms with Gasteiger partial charge >= 0.3 is 0 Å². The maximum Gasteiger partial charge on any atom is 0.250 e. The van der Waals surface area contributed by atoms with Crippen molar-refractivity contribution < 1.29 is 19.1 Å². The Hall–Kier alpha value is -1.90. The number of thioether (sulfide) groups is 1. The van der Waals surface area contributed by atoms with Crippen LogP contribution in [0.15, 0.2) is 18.2 Å². The number of rotatable bonds is 7. The van der Waals surface area contributed by atoms with Crippen LogP contribution in [0.5, 0.6) is 0 Å². The predicted molar refractivity (Wildman–Crippen MR) is 112 cm³/mol. The van der Waals surface area contributed by atoms with E-state index in [0.717, 1.165) is 35.4 Å². The summed E-state index contributed by atoms with van der Waals surface area (Å²) in [7, 11) is 1.54. The van der Waals surface area contributed by atoms with Crippen molar-refractivity contribution >= 4 is 35.2 Å². The minimum absolute atomic E-state index is 0.194. The summed E-state index contributed by atoms with van der Waals surface area (Å²) in [6.07, 6.45) is 3.51. The van der Waals surface area contributed by atoms with Gasteiger partial charge in [0.2, 0.25) is 17.7 Å². The molecule has 8 heteroatoms. The summed E-state index contributed by atoms with van der Waals surface area (Å²) in [4.78, 5) is 41.3. The summed E-state index contributed by atoms with van der Waals surface area (Å²) in [5, 5.41) is 6.49. The molecule has 0 bridgehead atoms. The number of likely N-dealkylation sites (tertiary alicyclic amines) is 1. The number of benzene rings is 1. The van der Waals surface area contributed by atoms with Crippen LogP contribution in [-0.2, 0) is 31.1 Å². The Kier molecular flexibility index (Phi) is 5.44. The Morgan fingerprint density at radius 1 is 1.24 bits per heavy atom. The molecule has 7 nitrogen and oxygen atoms in total. The van der Waals surface area contributed by atoms with E-state index in [4.69, 9.17) is 4.74 Å². The van der Waals surface area contributed by atoms with Crippen molar-refractivity contribution in [2.45, 2.75) is 31.3 Å². The fourth-order valence-corrected chi connectivity index (χ4v) is 5.63. The van der Waals surface area contributed by atoms with Crippen LogP contribution in [0.3, 0.4) is 0 Å². The Morgan fingerprint density at radius 2 is 2.03 bits per heavy atom. The molecule has 4 rings (SSSR count). The van der Waals surface area contributed by atoms with E-state index in [2.05, 4.69) is 10.6 Å². The second kappa shape index (κ2) is 7.74. The number of imide groups is 1. The molecular weight excluding hydrogens is 390 g/mol. The molecule has 0 aliphatic carbocycles. The topological polar surface area (TPSA) is 87.7 Å². The van der Waals surface area contributed by atoms with Gasteiger partial charge in [-0.1, -0.05) is 25.1 Å². The quantitative estimate of drug-likeness (QED) is 0.652. The maximum atomic E-state index is 13.4. The summed E-state index contributed by atoms with van der Waals surface area (Å²) in [6, 6.07) is 5.60. The van der Waals surface area contributed by atoms with Crippen LogP contribution in [-0.4, -0.2) is 60.9 Å². The van der Waals surface area contributed by atoms with Gasteiger partial charge in [0.25, 0.3) is 0 Å². The van der Waals surface area contributed by atoms with Crippen LogP contribution >= 0.6 is 11.8 Å². The lowest BCUT2D eigenvalue weighted by Crippen LogP contribution is -2.53. The van der Waals surface area contributed by atoms with Crippen molar-refractivity contribution in [2.75, 3.05) is 37.6 Å². The summed E-state index contributed by atoms with van der Waals surface area (Å²) < 4.78 is 5.09. The molecule has 2 saturated heterocycles. The van der Waals surface area contributed by atoms with Gasteiger partial charge in [0.1, 0.15) is 5.54 Å². The number of amides is 3. The Bertz CT molecular complexity index is 860. The van der Waals surface area contributed by atoms with E-state index in [-0.39, 0.29) is 36.9 Å². The molecular formula is C21H27N3O4S. The Morgan fingerprint density at radius 3 is 2.72 bits per heavy atom. The minimum atomic E-state index is -1.19. The molecule has 156 valence electrons. The van der Waals surface area contributed by atoms with Gasteiger partial charge in [-0.15, -0.1) is 0 Å². The van der Waals surface area contributed by atoms with Crippen LogP contribution < -0.4 is 10.6 Å². The van der Waals surface area contributed by atoms with Crippen molar-refractivity contribution in [2.24, 2.45) is 11.8 Å². The first-order valence-electron chi connectivity index (χ1n) is 10.1. The zero-order valence-electron chi connectivity index (χ0n) is 17.0. The standard InChI is InChI=1S/C21H27N3O4S/c1-4-12-6-5-7-13-17(12)22-20(27)21(13)16-15(14(23-21)8-11-29-3)18(25)24(19(16)26)9-10-28-2/h5-7,14-16,23H,4,8-11H2,1-3H3,(H,22,27). The van der Waals surface area contributed by atoms with E-state index in [1.165, 1.54) is 4.90 Å². The largest absolute Gasteiger partial charge is 0.383 e. The molecule has 0 radical (unpaired) electrons. The molecule has 0 saturated carbocycles. The number of ether oxygens (including phenoxy) is 1. The molecule has 2 N–H and O–H groups in total. The van der Waals surface area contributed by atoms with Gasteiger partial charge < -0.3 is 10.1 Å². The lowest BCUT2D eigenvalue weighted by Gasteiger charge is -2.29. The number of fused-ring (bicyclic) bond motifs is 4. The third-order valence-corrected chi connectivity index (χ3v) is 7.10. The molecule has 29 heavy (non-hydrogen) atoms. The fraction of sp³-hybridized carbons (Fsp3) is 0.571. The van der Waals surface area contributed by atoms with E-state index >= 15 is 0 Å². The second-order valence-corrected chi connectivity index (χ2v) is 8.80. The monoisotopic (exact) mass is 417 g/mol. The zero-order chi connectivity index (χ0) is 20.8. The number of methoxy groups -OCH3 is 1. The number of para-hydroxylation sites is 1. The number of hydrogen-bond donors (Lipinski definition) is 2. The van der Waals surface area contributed by atoms with E-state index in [0.29, 0.717) is 0 Å². The summed E-state index contributed by atoms with van der Waals surface area (Å²) in [5.74, 6) is -1.12. The van der Waals surface area contributed by atoms with Crippen molar-refractivity contribution in [1.29, 1.82) is 0 Å². The van der Waals surface area contributed by atoms with Gasteiger partial charge in [-0.25, -0.2) is 0 Å². The molecule has 2 fully saturated rings. The molecule has 1 aromatic rings. The number of hydrogen-bond acceptors (Lipinski definition) is 6. The number of carbonyl (C=O) groups is 3. The average molecular weight is 418 g/mol. The van der Waals surface area contributed by atoms with Gasteiger partial charge in [-0.05, 0) is 30.4 Å². The Balaban J connectivity index is 1.82. The number of nitrogens with zero attached hydrogens (tertiary/aromatic N) is 1. The number of nitrogens with one attached hydrogen (secondary N) is 2. The highest BCUT2D eigenvalue weighted by Gasteiger charge is 2.70. The van der Waals surface area contributed by atoms with Gasteiger partial charge in [0.05, 0.1) is 25.0 Å². The number of carbonyl (C=O) groups excluding carboxylic acids is 3. The van der Waals surface area contributed by atoms with E-state index in [1.807, 2.05) is 31.4 Å².